The van der Waals surface area contributed by atoms with Crippen LogP contribution in [0.15, 0.2) is 35.7 Å². The Morgan fingerprint density at radius 2 is 2.09 bits per heavy atom. The van der Waals surface area contributed by atoms with Crippen molar-refractivity contribution in [1.82, 2.24) is 5.32 Å². The summed E-state index contributed by atoms with van der Waals surface area (Å²) in [7, 11) is 0. The lowest BCUT2D eigenvalue weighted by Crippen LogP contribution is -2.07. The number of dihydropyridines is 1. The highest BCUT2D eigenvalue weighted by atomic mass is 14.8. The fraction of sp³-hybridized carbons (Fsp3) is 0.400. The molecular formula is C10H15N. The number of hydrogen-bond donors (Lipinski definition) is 1. The van der Waals surface area contributed by atoms with Crippen LogP contribution in [0.5, 0.6) is 0 Å². The van der Waals surface area contributed by atoms with Crippen LogP contribution in [0.4, 0.5) is 0 Å². The second-order valence-electron chi connectivity index (χ2n) is 3.23. The average Bonchev–Trinajstić information content (AvgIpc) is 1.93. The zero-order valence-corrected chi connectivity index (χ0v) is 7.39. The van der Waals surface area contributed by atoms with Gasteiger partial charge in [0, 0.05) is 11.9 Å². The van der Waals surface area contributed by atoms with Crippen molar-refractivity contribution in [2.45, 2.75) is 20.8 Å². The van der Waals surface area contributed by atoms with Gasteiger partial charge in [-0.3, -0.25) is 0 Å². The summed E-state index contributed by atoms with van der Waals surface area (Å²) in [6.07, 6.45) is 8.45. The van der Waals surface area contributed by atoms with Gasteiger partial charge in [-0.25, -0.2) is 0 Å². The molecule has 0 fully saturated rings. The molecule has 0 unspecified atom stereocenters. The molecule has 1 N–H and O–H groups in total. The van der Waals surface area contributed by atoms with Crippen LogP contribution in [-0.4, -0.2) is 0 Å². The highest BCUT2D eigenvalue weighted by Gasteiger charge is 1.96. The van der Waals surface area contributed by atoms with Gasteiger partial charge in [-0.2, -0.15) is 0 Å². The second-order valence-corrected chi connectivity index (χ2v) is 3.23. The fourth-order valence-electron chi connectivity index (χ4n) is 0.977. The summed E-state index contributed by atoms with van der Waals surface area (Å²) in [5.74, 6) is 0.606. The van der Waals surface area contributed by atoms with E-state index < -0.39 is 0 Å². The van der Waals surface area contributed by atoms with Crippen LogP contribution >= 0.6 is 0 Å². The molecule has 60 valence electrons. The van der Waals surface area contributed by atoms with Crippen LogP contribution in [0.1, 0.15) is 20.8 Å². The number of allylic oxidation sites excluding steroid dienone is 4. The molecule has 1 rings (SSSR count). The molecule has 0 spiro atoms. The minimum Gasteiger partial charge on any atom is -0.362 e. The van der Waals surface area contributed by atoms with Crippen LogP contribution in [0, 0.1) is 5.92 Å². The van der Waals surface area contributed by atoms with Gasteiger partial charge in [0.2, 0.25) is 0 Å². The minimum absolute atomic E-state index is 0.606. The fourth-order valence-corrected chi connectivity index (χ4v) is 0.977. The first-order chi connectivity index (χ1) is 5.18. The lowest BCUT2D eigenvalue weighted by atomic mass is 10.1. The molecule has 1 nitrogen and oxygen atoms in total. The molecule has 0 aromatic carbocycles. The summed E-state index contributed by atoms with van der Waals surface area (Å²) < 4.78 is 0. The standard InChI is InChI=1S/C10H15N/c1-8(2)6-10-5-4-9(3)7-11-10/h4-8,11H,1-3H3/b10-6+. The van der Waals surface area contributed by atoms with Crippen molar-refractivity contribution in [1.29, 1.82) is 0 Å². The normalized spacial score (nSPS) is 20.4. The largest absolute Gasteiger partial charge is 0.362 e. The summed E-state index contributed by atoms with van der Waals surface area (Å²) in [6, 6.07) is 0. The third kappa shape index (κ3) is 2.62. The molecule has 0 atom stereocenters. The minimum atomic E-state index is 0.606. The van der Waals surface area contributed by atoms with Gasteiger partial charge in [0.1, 0.15) is 0 Å². The molecule has 1 heterocycles. The third-order valence-corrected chi connectivity index (χ3v) is 1.51. The van der Waals surface area contributed by atoms with Crippen molar-refractivity contribution in [2.75, 3.05) is 0 Å². The highest BCUT2D eigenvalue weighted by Crippen LogP contribution is 2.07. The summed E-state index contributed by atoms with van der Waals surface area (Å²) in [6.45, 7) is 6.43. The number of nitrogens with one attached hydrogen (secondary N) is 1. The summed E-state index contributed by atoms with van der Waals surface area (Å²) in [4.78, 5) is 0. The topological polar surface area (TPSA) is 12.0 Å². The van der Waals surface area contributed by atoms with Gasteiger partial charge in [0.25, 0.3) is 0 Å². The van der Waals surface area contributed by atoms with Gasteiger partial charge in [0.15, 0.2) is 0 Å². The number of rotatable bonds is 1. The van der Waals surface area contributed by atoms with E-state index in [1.54, 1.807) is 0 Å². The van der Waals surface area contributed by atoms with Crippen molar-refractivity contribution in [3.8, 4) is 0 Å². The Balaban J connectivity index is 2.62. The predicted molar refractivity (Wildman–Crippen MR) is 49.0 cm³/mol. The van der Waals surface area contributed by atoms with Gasteiger partial charge < -0.3 is 5.32 Å². The third-order valence-electron chi connectivity index (χ3n) is 1.51. The Kier molecular flexibility index (Phi) is 2.53. The lowest BCUT2D eigenvalue weighted by Gasteiger charge is -2.09. The van der Waals surface area contributed by atoms with Crippen molar-refractivity contribution < 1.29 is 0 Å². The highest BCUT2D eigenvalue weighted by molar-refractivity contribution is 5.32. The zero-order valence-electron chi connectivity index (χ0n) is 7.39. The summed E-state index contributed by atoms with van der Waals surface area (Å²) in [5, 5.41) is 3.21. The molecule has 0 aromatic rings. The van der Waals surface area contributed by atoms with Gasteiger partial charge in [0.05, 0.1) is 0 Å². The van der Waals surface area contributed by atoms with Gasteiger partial charge in [-0.1, -0.05) is 26.0 Å². The van der Waals surface area contributed by atoms with E-state index in [9.17, 15) is 0 Å². The van der Waals surface area contributed by atoms with E-state index in [1.165, 1.54) is 11.3 Å². The van der Waals surface area contributed by atoms with E-state index in [-0.39, 0.29) is 0 Å². The van der Waals surface area contributed by atoms with E-state index in [2.05, 4.69) is 44.3 Å². The quantitative estimate of drug-likeness (QED) is 0.604. The molecular weight excluding hydrogens is 134 g/mol. The van der Waals surface area contributed by atoms with E-state index in [1.807, 2.05) is 6.20 Å². The Bertz CT molecular complexity index is 219. The summed E-state index contributed by atoms with van der Waals surface area (Å²) in [5.41, 5.74) is 2.47. The Hall–Kier alpha value is -0.980. The van der Waals surface area contributed by atoms with E-state index in [0.29, 0.717) is 5.92 Å². The van der Waals surface area contributed by atoms with E-state index >= 15 is 0 Å². The molecule has 11 heavy (non-hydrogen) atoms. The van der Waals surface area contributed by atoms with Gasteiger partial charge >= 0.3 is 0 Å². The molecule has 0 bridgehead atoms. The zero-order chi connectivity index (χ0) is 8.27. The molecule has 0 aliphatic carbocycles. The maximum Gasteiger partial charge on any atom is 0.0341 e. The monoisotopic (exact) mass is 149 g/mol. The number of hydrogen-bond acceptors (Lipinski definition) is 1. The molecule has 1 aliphatic heterocycles. The first kappa shape index (κ1) is 8.12. The maximum absolute atomic E-state index is 3.21. The molecule has 1 aliphatic rings. The molecule has 0 saturated heterocycles. The smallest absolute Gasteiger partial charge is 0.0341 e. The first-order valence-corrected chi connectivity index (χ1v) is 4.01. The maximum atomic E-state index is 3.21. The molecule has 1 heteroatoms. The van der Waals surface area contributed by atoms with Crippen LogP contribution in [-0.2, 0) is 0 Å². The van der Waals surface area contributed by atoms with Crippen molar-refractivity contribution >= 4 is 0 Å². The van der Waals surface area contributed by atoms with E-state index in [0.717, 1.165) is 0 Å². The SMILES string of the molecule is CC1=CN/C(=C/C(C)C)C=C1. The van der Waals surface area contributed by atoms with Crippen molar-refractivity contribution in [2.24, 2.45) is 5.92 Å². The van der Waals surface area contributed by atoms with Crippen LogP contribution in [0.25, 0.3) is 0 Å². The van der Waals surface area contributed by atoms with E-state index in [4.69, 9.17) is 0 Å². The molecule has 0 saturated carbocycles. The molecule has 0 radical (unpaired) electrons. The van der Waals surface area contributed by atoms with Crippen molar-refractivity contribution in [3.05, 3.63) is 35.7 Å². The molecule has 0 amide bonds. The Labute approximate surface area is 68.5 Å². The summed E-state index contributed by atoms with van der Waals surface area (Å²) >= 11 is 0. The van der Waals surface area contributed by atoms with Crippen LogP contribution < -0.4 is 5.32 Å². The van der Waals surface area contributed by atoms with Gasteiger partial charge in [-0.05, 0) is 24.5 Å². The van der Waals surface area contributed by atoms with Gasteiger partial charge in [-0.15, -0.1) is 0 Å². The first-order valence-electron chi connectivity index (χ1n) is 4.01. The van der Waals surface area contributed by atoms with Crippen LogP contribution in [0.3, 0.4) is 0 Å². The second kappa shape index (κ2) is 3.42. The Morgan fingerprint density at radius 1 is 1.36 bits per heavy atom. The van der Waals surface area contributed by atoms with Crippen molar-refractivity contribution in [3.63, 3.8) is 0 Å². The lowest BCUT2D eigenvalue weighted by molar-refractivity contribution is 0.813. The average molecular weight is 149 g/mol. The molecule has 0 aromatic heterocycles. The Morgan fingerprint density at radius 3 is 2.55 bits per heavy atom. The predicted octanol–water partition coefficient (Wildman–Crippen LogP) is 2.59. The van der Waals surface area contributed by atoms with Crippen LogP contribution in [0.2, 0.25) is 0 Å².